The van der Waals surface area contributed by atoms with E-state index >= 15 is 0 Å². The van der Waals surface area contributed by atoms with E-state index in [1.165, 1.54) is 11.8 Å². The van der Waals surface area contributed by atoms with Gasteiger partial charge in [-0.3, -0.25) is 4.79 Å². The lowest BCUT2D eigenvalue weighted by Gasteiger charge is -2.08. The quantitative estimate of drug-likeness (QED) is 0.535. The first-order valence-corrected chi connectivity index (χ1v) is 9.08. The monoisotopic (exact) mass is 335 g/mol. The van der Waals surface area contributed by atoms with Gasteiger partial charge in [0.1, 0.15) is 0 Å². The summed E-state index contributed by atoms with van der Waals surface area (Å²) in [6.07, 6.45) is 3.35. The van der Waals surface area contributed by atoms with E-state index < -0.39 is 0 Å². The second-order valence-electron chi connectivity index (χ2n) is 5.37. The van der Waals surface area contributed by atoms with Crippen LogP contribution in [0.25, 0.3) is 11.0 Å². The molecule has 0 fully saturated rings. The molecule has 23 heavy (non-hydrogen) atoms. The van der Waals surface area contributed by atoms with Gasteiger partial charge in [-0.25, -0.2) is 4.98 Å². The number of thioether (sulfide) groups is 1. The molecule has 2 rings (SSSR count). The van der Waals surface area contributed by atoms with Crippen molar-refractivity contribution in [2.75, 3.05) is 26.0 Å². The minimum Gasteiger partial charge on any atom is -0.383 e. The average Bonchev–Trinajstić information content (AvgIpc) is 2.92. The minimum absolute atomic E-state index is 0.0662. The summed E-state index contributed by atoms with van der Waals surface area (Å²) in [5.41, 5.74) is 2.03. The number of rotatable bonds is 10. The third-order valence-electron chi connectivity index (χ3n) is 3.57. The van der Waals surface area contributed by atoms with Gasteiger partial charge in [-0.2, -0.15) is 0 Å². The Morgan fingerprint density at radius 1 is 1.35 bits per heavy atom. The number of para-hydroxylation sites is 2. The second-order valence-corrected chi connectivity index (χ2v) is 6.32. The number of imidazole rings is 1. The van der Waals surface area contributed by atoms with Crippen LogP contribution >= 0.6 is 11.8 Å². The molecule has 0 aliphatic carbocycles. The fourth-order valence-corrected chi connectivity index (χ4v) is 3.22. The zero-order valence-corrected chi connectivity index (χ0v) is 14.7. The summed E-state index contributed by atoms with van der Waals surface area (Å²) >= 11 is 1.48. The van der Waals surface area contributed by atoms with Gasteiger partial charge in [-0.05, 0) is 18.6 Å². The second kappa shape index (κ2) is 9.57. The molecule has 1 heterocycles. The Kier molecular flexibility index (Phi) is 7.42. The van der Waals surface area contributed by atoms with Crippen molar-refractivity contribution in [3.8, 4) is 0 Å². The summed E-state index contributed by atoms with van der Waals surface area (Å²) in [5.74, 6) is 0.457. The summed E-state index contributed by atoms with van der Waals surface area (Å²) in [6.45, 7) is 4.27. The van der Waals surface area contributed by atoms with Crippen LogP contribution in [0, 0.1) is 0 Å². The van der Waals surface area contributed by atoms with Crippen LogP contribution in [-0.4, -0.2) is 41.5 Å². The summed E-state index contributed by atoms with van der Waals surface area (Å²) in [4.78, 5) is 16.6. The van der Waals surface area contributed by atoms with Crippen molar-refractivity contribution in [3.05, 3.63) is 24.3 Å². The highest BCUT2D eigenvalue weighted by molar-refractivity contribution is 7.99. The van der Waals surface area contributed by atoms with Crippen molar-refractivity contribution < 1.29 is 9.53 Å². The number of carbonyl (C=O) groups is 1. The van der Waals surface area contributed by atoms with Crippen molar-refractivity contribution in [2.24, 2.45) is 0 Å². The number of benzene rings is 1. The predicted octanol–water partition coefficient (Wildman–Crippen LogP) is 3.08. The maximum absolute atomic E-state index is 11.9. The van der Waals surface area contributed by atoms with Gasteiger partial charge >= 0.3 is 0 Å². The number of ether oxygens (including phenoxy) is 1. The Balaban J connectivity index is 1.97. The lowest BCUT2D eigenvalue weighted by molar-refractivity contribution is -0.118. The molecule has 0 spiro atoms. The van der Waals surface area contributed by atoms with E-state index in [1.807, 2.05) is 24.3 Å². The number of hydrogen-bond acceptors (Lipinski definition) is 4. The molecule has 1 N–H and O–H groups in total. The number of methoxy groups -OCH3 is 1. The highest BCUT2D eigenvalue weighted by Crippen LogP contribution is 2.23. The molecular formula is C17H25N3O2S. The van der Waals surface area contributed by atoms with Gasteiger partial charge in [0.2, 0.25) is 5.91 Å². The first-order valence-electron chi connectivity index (χ1n) is 8.10. The lowest BCUT2D eigenvalue weighted by atomic mass is 10.2. The van der Waals surface area contributed by atoms with Gasteiger partial charge in [0, 0.05) is 20.2 Å². The highest BCUT2D eigenvalue weighted by atomic mass is 32.2. The van der Waals surface area contributed by atoms with Gasteiger partial charge in [0.25, 0.3) is 0 Å². The molecular weight excluding hydrogens is 310 g/mol. The normalized spacial score (nSPS) is 11.0. The molecule has 2 aromatic rings. The standard InChI is InChI=1S/C17H25N3O2S/c1-3-4-7-10-18-16(21)13-23-17-19-14-8-5-6-9-15(14)20(17)11-12-22-2/h5-6,8-9H,3-4,7,10-13H2,1-2H3,(H,18,21). The number of unbranched alkanes of at least 4 members (excludes halogenated alkanes) is 2. The SMILES string of the molecule is CCCCCNC(=O)CSc1nc2ccccc2n1CCOC. The number of fused-ring (bicyclic) bond motifs is 1. The minimum atomic E-state index is 0.0662. The molecule has 0 radical (unpaired) electrons. The molecule has 1 aromatic carbocycles. The van der Waals surface area contributed by atoms with E-state index in [4.69, 9.17) is 4.74 Å². The van der Waals surface area contributed by atoms with E-state index in [-0.39, 0.29) is 5.91 Å². The maximum atomic E-state index is 11.9. The van der Waals surface area contributed by atoms with Crippen LogP contribution in [0.1, 0.15) is 26.2 Å². The first-order chi connectivity index (χ1) is 11.3. The summed E-state index contributed by atoms with van der Waals surface area (Å²) < 4.78 is 7.30. The molecule has 0 aliphatic heterocycles. The molecule has 126 valence electrons. The Hall–Kier alpha value is -1.53. The number of carbonyl (C=O) groups excluding carboxylic acids is 1. The van der Waals surface area contributed by atoms with Gasteiger partial charge in [0.05, 0.1) is 23.4 Å². The average molecular weight is 335 g/mol. The summed E-state index contributed by atoms with van der Waals surface area (Å²) in [7, 11) is 1.69. The van der Waals surface area contributed by atoms with E-state index in [0.29, 0.717) is 12.4 Å². The van der Waals surface area contributed by atoms with Crippen LogP contribution < -0.4 is 5.32 Å². The van der Waals surface area contributed by atoms with Crippen LogP contribution in [0.3, 0.4) is 0 Å². The molecule has 1 amide bonds. The zero-order chi connectivity index (χ0) is 16.5. The van der Waals surface area contributed by atoms with Gasteiger partial charge in [-0.15, -0.1) is 0 Å². The number of aromatic nitrogens is 2. The van der Waals surface area contributed by atoms with Crippen LogP contribution in [0.15, 0.2) is 29.4 Å². The Labute approximate surface area is 141 Å². The largest absolute Gasteiger partial charge is 0.383 e. The van der Waals surface area contributed by atoms with Crippen molar-refractivity contribution in [3.63, 3.8) is 0 Å². The molecule has 1 aromatic heterocycles. The van der Waals surface area contributed by atoms with Crippen LogP contribution in [-0.2, 0) is 16.1 Å². The molecule has 0 aliphatic rings. The topological polar surface area (TPSA) is 56.2 Å². The molecule has 0 bridgehead atoms. The molecule has 0 atom stereocenters. The Morgan fingerprint density at radius 3 is 2.96 bits per heavy atom. The van der Waals surface area contributed by atoms with Crippen LogP contribution in [0.2, 0.25) is 0 Å². The molecule has 0 unspecified atom stereocenters. The van der Waals surface area contributed by atoms with Gasteiger partial charge in [-0.1, -0.05) is 43.7 Å². The number of nitrogens with one attached hydrogen (secondary N) is 1. The predicted molar refractivity (Wildman–Crippen MR) is 94.9 cm³/mol. The van der Waals surface area contributed by atoms with E-state index in [0.717, 1.165) is 48.5 Å². The zero-order valence-electron chi connectivity index (χ0n) is 13.9. The smallest absolute Gasteiger partial charge is 0.230 e. The fraction of sp³-hybridized carbons (Fsp3) is 0.529. The molecule has 6 heteroatoms. The first kappa shape index (κ1) is 17.8. The van der Waals surface area contributed by atoms with E-state index in [2.05, 4.69) is 21.8 Å². The fourth-order valence-electron chi connectivity index (χ4n) is 2.35. The molecule has 0 saturated carbocycles. The number of nitrogens with zero attached hydrogens (tertiary/aromatic N) is 2. The van der Waals surface area contributed by atoms with Crippen molar-refractivity contribution in [2.45, 2.75) is 37.9 Å². The Bertz CT molecular complexity index is 627. The summed E-state index contributed by atoms with van der Waals surface area (Å²) in [6, 6.07) is 8.02. The van der Waals surface area contributed by atoms with Crippen molar-refractivity contribution in [1.82, 2.24) is 14.9 Å². The third kappa shape index (κ3) is 5.25. The Morgan fingerprint density at radius 2 is 2.17 bits per heavy atom. The lowest BCUT2D eigenvalue weighted by Crippen LogP contribution is -2.26. The van der Waals surface area contributed by atoms with Gasteiger partial charge < -0.3 is 14.6 Å². The highest BCUT2D eigenvalue weighted by Gasteiger charge is 2.12. The maximum Gasteiger partial charge on any atom is 0.230 e. The summed E-state index contributed by atoms with van der Waals surface area (Å²) in [5, 5.41) is 3.83. The van der Waals surface area contributed by atoms with Gasteiger partial charge in [0.15, 0.2) is 5.16 Å². The number of amides is 1. The van der Waals surface area contributed by atoms with E-state index in [9.17, 15) is 4.79 Å². The number of hydrogen-bond donors (Lipinski definition) is 1. The third-order valence-corrected chi connectivity index (χ3v) is 4.55. The molecule has 0 saturated heterocycles. The van der Waals surface area contributed by atoms with Crippen molar-refractivity contribution >= 4 is 28.7 Å². The van der Waals surface area contributed by atoms with Crippen molar-refractivity contribution in [1.29, 1.82) is 0 Å². The molecule has 5 nitrogen and oxygen atoms in total. The van der Waals surface area contributed by atoms with Crippen LogP contribution in [0.5, 0.6) is 0 Å². The van der Waals surface area contributed by atoms with Crippen LogP contribution in [0.4, 0.5) is 0 Å². The van der Waals surface area contributed by atoms with E-state index in [1.54, 1.807) is 7.11 Å².